The first-order valence-electron chi connectivity index (χ1n) is 9.92. The largest absolute Gasteiger partial charge is 0.444 e. The van der Waals surface area contributed by atoms with E-state index >= 15 is 0 Å². The van der Waals surface area contributed by atoms with Crippen LogP contribution in [-0.4, -0.2) is 55.8 Å². The first-order valence-corrected chi connectivity index (χ1v) is 10.3. The first-order chi connectivity index (χ1) is 14.7. The molecule has 3 heterocycles. The van der Waals surface area contributed by atoms with E-state index in [1.54, 1.807) is 40.0 Å². The van der Waals surface area contributed by atoms with Crippen molar-refractivity contribution >= 4 is 35.0 Å². The predicted octanol–water partition coefficient (Wildman–Crippen LogP) is 3.71. The van der Waals surface area contributed by atoms with Gasteiger partial charge in [-0.3, -0.25) is 4.79 Å². The topological polar surface area (TPSA) is 97.6 Å². The van der Waals surface area contributed by atoms with E-state index in [-0.39, 0.29) is 18.6 Å². The minimum absolute atomic E-state index is 0.0289. The van der Waals surface area contributed by atoms with Gasteiger partial charge in [-0.1, -0.05) is 11.6 Å². The van der Waals surface area contributed by atoms with Gasteiger partial charge in [0, 0.05) is 36.2 Å². The number of benzene rings is 1. The molecule has 0 spiro atoms. The van der Waals surface area contributed by atoms with E-state index < -0.39 is 5.60 Å². The number of aromatic nitrogens is 3. The maximum Gasteiger partial charge on any atom is 0.410 e. The first kappa shape index (κ1) is 21.3. The minimum atomic E-state index is -0.561. The Balaban J connectivity index is 1.72. The lowest BCUT2D eigenvalue weighted by molar-refractivity contribution is 0.00793. The van der Waals surface area contributed by atoms with Gasteiger partial charge >= 0.3 is 6.09 Å². The van der Waals surface area contributed by atoms with Crippen LogP contribution < -0.4 is 0 Å². The van der Waals surface area contributed by atoms with Gasteiger partial charge in [-0.2, -0.15) is 5.10 Å². The van der Waals surface area contributed by atoms with Gasteiger partial charge in [0.1, 0.15) is 11.9 Å². The summed E-state index contributed by atoms with van der Waals surface area (Å²) in [6, 6.07) is 6.69. The van der Waals surface area contributed by atoms with Crippen molar-refractivity contribution in [2.24, 2.45) is 0 Å². The fourth-order valence-electron chi connectivity index (χ4n) is 3.61. The third kappa shape index (κ3) is 4.00. The average molecular weight is 443 g/mol. The lowest BCUT2D eigenvalue weighted by atomic mass is 9.93. The zero-order chi connectivity index (χ0) is 22.3. The number of ether oxygens (including phenoxy) is 1. The van der Waals surface area contributed by atoms with Crippen LogP contribution in [0.2, 0.25) is 5.02 Å². The highest BCUT2D eigenvalue weighted by Gasteiger charge is 2.38. The Morgan fingerprint density at radius 3 is 2.68 bits per heavy atom. The van der Waals surface area contributed by atoms with E-state index in [1.807, 2.05) is 20.8 Å². The molecule has 0 radical (unpaired) electrons. The van der Waals surface area contributed by atoms with Gasteiger partial charge in [0.15, 0.2) is 5.65 Å². The SMILES string of the molecule is CC(C)(C)OC(=O)N1CC(c2nn(-c3ccc(C=O)cc3Cl)c3nccc(CO)c23)C1. The Morgan fingerprint density at radius 1 is 1.32 bits per heavy atom. The lowest BCUT2D eigenvalue weighted by Crippen LogP contribution is -2.50. The maximum atomic E-state index is 12.3. The molecule has 1 amide bonds. The molecule has 1 saturated heterocycles. The Kier molecular flexibility index (Phi) is 5.45. The Labute approximate surface area is 184 Å². The highest BCUT2D eigenvalue weighted by atomic mass is 35.5. The Bertz CT molecular complexity index is 1160. The second-order valence-corrected chi connectivity index (χ2v) is 8.94. The molecule has 31 heavy (non-hydrogen) atoms. The highest BCUT2D eigenvalue weighted by molar-refractivity contribution is 6.32. The van der Waals surface area contributed by atoms with E-state index in [0.29, 0.717) is 40.6 Å². The summed E-state index contributed by atoms with van der Waals surface area (Å²) in [5.74, 6) is -0.0289. The molecule has 3 aromatic rings. The molecule has 4 rings (SSSR count). The number of hydrogen-bond donors (Lipinski definition) is 1. The van der Waals surface area contributed by atoms with Crippen LogP contribution in [0.1, 0.15) is 48.3 Å². The molecule has 9 heteroatoms. The summed E-state index contributed by atoms with van der Waals surface area (Å²) in [4.78, 5) is 29.5. The normalized spacial score (nSPS) is 14.5. The zero-order valence-corrected chi connectivity index (χ0v) is 18.3. The van der Waals surface area contributed by atoms with Gasteiger partial charge in [-0.15, -0.1) is 0 Å². The van der Waals surface area contributed by atoms with Gasteiger partial charge in [-0.25, -0.2) is 14.5 Å². The van der Waals surface area contributed by atoms with Crippen LogP contribution >= 0.6 is 11.6 Å². The van der Waals surface area contributed by atoms with E-state index in [9.17, 15) is 14.7 Å². The second-order valence-electron chi connectivity index (χ2n) is 8.53. The molecule has 1 fully saturated rings. The van der Waals surface area contributed by atoms with Crippen molar-refractivity contribution in [1.29, 1.82) is 0 Å². The van der Waals surface area contributed by atoms with Crippen molar-refractivity contribution in [3.05, 3.63) is 52.3 Å². The molecule has 8 nitrogen and oxygen atoms in total. The number of pyridine rings is 1. The molecular weight excluding hydrogens is 420 g/mol. The van der Waals surface area contributed by atoms with Crippen molar-refractivity contribution in [1.82, 2.24) is 19.7 Å². The number of aliphatic hydroxyl groups excluding tert-OH is 1. The average Bonchev–Trinajstić information content (AvgIpc) is 3.04. The molecule has 0 aliphatic carbocycles. The molecule has 0 saturated carbocycles. The lowest BCUT2D eigenvalue weighted by Gasteiger charge is -2.39. The van der Waals surface area contributed by atoms with Crippen LogP contribution in [-0.2, 0) is 11.3 Å². The van der Waals surface area contributed by atoms with Gasteiger partial charge in [0.05, 0.1) is 23.0 Å². The van der Waals surface area contributed by atoms with Crippen LogP contribution in [0.15, 0.2) is 30.5 Å². The van der Waals surface area contributed by atoms with Gasteiger partial charge in [0.2, 0.25) is 0 Å². The van der Waals surface area contributed by atoms with Crippen LogP contribution in [0.25, 0.3) is 16.7 Å². The number of rotatable bonds is 4. The van der Waals surface area contributed by atoms with Crippen LogP contribution in [0.4, 0.5) is 4.79 Å². The van der Waals surface area contributed by atoms with Crippen molar-refractivity contribution in [3.8, 4) is 5.69 Å². The minimum Gasteiger partial charge on any atom is -0.444 e. The fraction of sp³-hybridized carbons (Fsp3) is 0.364. The summed E-state index contributed by atoms with van der Waals surface area (Å²) < 4.78 is 7.06. The number of halogens is 1. The number of aldehydes is 1. The van der Waals surface area contributed by atoms with E-state index in [2.05, 4.69) is 4.98 Å². The summed E-state index contributed by atoms with van der Waals surface area (Å²) >= 11 is 6.41. The molecule has 1 aromatic carbocycles. The molecule has 0 atom stereocenters. The third-order valence-electron chi connectivity index (χ3n) is 5.11. The molecular formula is C22H23ClN4O4. The number of nitrogens with zero attached hydrogens (tertiary/aromatic N) is 4. The van der Waals surface area contributed by atoms with Crippen molar-refractivity contribution in [2.45, 2.75) is 38.9 Å². The highest BCUT2D eigenvalue weighted by Crippen LogP contribution is 2.35. The van der Waals surface area contributed by atoms with E-state index in [0.717, 1.165) is 17.4 Å². The fourth-order valence-corrected chi connectivity index (χ4v) is 3.88. The summed E-state index contributed by atoms with van der Waals surface area (Å²) in [5, 5.41) is 15.8. The predicted molar refractivity (Wildman–Crippen MR) is 116 cm³/mol. The summed E-state index contributed by atoms with van der Waals surface area (Å²) in [6.45, 7) is 6.23. The van der Waals surface area contributed by atoms with Crippen molar-refractivity contribution in [3.63, 3.8) is 0 Å². The van der Waals surface area contributed by atoms with Gasteiger partial charge in [-0.05, 0) is 50.6 Å². The molecule has 2 aromatic heterocycles. The second kappa shape index (κ2) is 7.94. The third-order valence-corrected chi connectivity index (χ3v) is 5.41. The van der Waals surface area contributed by atoms with Crippen LogP contribution in [0.3, 0.4) is 0 Å². The maximum absolute atomic E-state index is 12.3. The standard InChI is InChI=1S/C22H23ClN4O4/c1-22(2,3)31-21(30)26-9-15(10-26)19-18-14(12-29)6-7-24-20(18)27(25-19)17-5-4-13(11-28)8-16(17)23/h4-8,11,15,29H,9-10,12H2,1-3H3. The van der Waals surface area contributed by atoms with Gasteiger partial charge < -0.3 is 14.7 Å². The van der Waals surface area contributed by atoms with E-state index in [4.69, 9.17) is 21.4 Å². The monoisotopic (exact) mass is 442 g/mol. The summed E-state index contributed by atoms with van der Waals surface area (Å²) in [6.07, 6.45) is 1.97. The molecule has 1 N–H and O–H groups in total. The molecule has 0 unspecified atom stereocenters. The van der Waals surface area contributed by atoms with Crippen molar-refractivity contribution in [2.75, 3.05) is 13.1 Å². The quantitative estimate of drug-likeness (QED) is 0.618. The van der Waals surface area contributed by atoms with E-state index in [1.165, 1.54) is 0 Å². The number of hydrogen-bond acceptors (Lipinski definition) is 6. The Morgan fingerprint density at radius 2 is 2.06 bits per heavy atom. The number of amides is 1. The van der Waals surface area contributed by atoms with Crippen LogP contribution in [0, 0.1) is 0 Å². The number of fused-ring (bicyclic) bond motifs is 1. The smallest absolute Gasteiger partial charge is 0.410 e. The molecule has 0 bridgehead atoms. The number of likely N-dealkylation sites (tertiary alicyclic amines) is 1. The molecule has 1 aliphatic heterocycles. The number of carbonyl (C=O) groups excluding carboxylic acids is 2. The molecule has 1 aliphatic rings. The number of aliphatic hydroxyl groups is 1. The van der Waals surface area contributed by atoms with Crippen molar-refractivity contribution < 1.29 is 19.4 Å². The van der Waals surface area contributed by atoms with Crippen LogP contribution in [0.5, 0.6) is 0 Å². The number of carbonyl (C=O) groups is 2. The van der Waals surface area contributed by atoms with Gasteiger partial charge in [0.25, 0.3) is 0 Å². The summed E-state index contributed by atoms with van der Waals surface area (Å²) in [7, 11) is 0. The summed E-state index contributed by atoms with van der Waals surface area (Å²) in [5.41, 5.74) is 2.47. The molecule has 162 valence electrons. The Hall–Kier alpha value is -2.97. The zero-order valence-electron chi connectivity index (χ0n) is 17.5.